The predicted molar refractivity (Wildman–Crippen MR) is 135 cm³/mol. The van der Waals surface area contributed by atoms with Crippen molar-refractivity contribution in [1.29, 1.82) is 0 Å². The van der Waals surface area contributed by atoms with Gasteiger partial charge in [-0.2, -0.15) is 10.2 Å². The Morgan fingerprint density at radius 2 is 1.73 bits per heavy atom. The van der Waals surface area contributed by atoms with Crippen LogP contribution < -0.4 is 4.90 Å². The highest BCUT2D eigenvalue weighted by Gasteiger charge is 2.34. The molecule has 9 heteroatoms. The Morgan fingerprint density at radius 1 is 1.00 bits per heavy atom. The van der Waals surface area contributed by atoms with Gasteiger partial charge in [0.1, 0.15) is 0 Å². The summed E-state index contributed by atoms with van der Waals surface area (Å²) in [6.45, 7) is 3.86. The Hall–Kier alpha value is -3.69. The van der Waals surface area contributed by atoms with Crippen molar-refractivity contribution >= 4 is 63.0 Å². The van der Waals surface area contributed by atoms with E-state index in [0.29, 0.717) is 26.2 Å². The molecule has 1 fully saturated rings. The van der Waals surface area contributed by atoms with Gasteiger partial charge in [0, 0.05) is 12.1 Å². The molecule has 7 nitrogen and oxygen atoms in total. The highest BCUT2D eigenvalue weighted by molar-refractivity contribution is 8.27. The number of amides is 1. The summed E-state index contributed by atoms with van der Waals surface area (Å²) in [5, 5.41) is 19.5. The van der Waals surface area contributed by atoms with Crippen LogP contribution in [0.3, 0.4) is 0 Å². The van der Waals surface area contributed by atoms with E-state index in [9.17, 15) is 14.9 Å². The van der Waals surface area contributed by atoms with Gasteiger partial charge in [0.2, 0.25) is 0 Å². The number of benzene rings is 3. The van der Waals surface area contributed by atoms with Crippen LogP contribution in [0, 0.1) is 24.0 Å². The lowest BCUT2D eigenvalue weighted by atomic mass is 10.1. The summed E-state index contributed by atoms with van der Waals surface area (Å²) in [4.78, 5) is 25.4. The smallest absolute Gasteiger partial charge is 0.268 e. The van der Waals surface area contributed by atoms with Crippen molar-refractivity contribution in [2.45, 2.75) is 13.8 Å². The number of carbonyl (C=O) groups is 1. The van der Waals surface area contributed by atoms with E-state index in [1.807, 2.05) is 44.2 Å². The summed E-state index contributed by atoms with van der Waals surface area (Å²) in [5.74, 6) is -0.235. The highest BCUT2D eigenvalue weighted by atomic mass is 32.2. The van der Waals surface area contributed by atoms with Crippen molar-refractivity contribution < 1.29 is 9.72 Å². The van der Waals surface area contributed by atoms with E-state index in [-0.39, 0.29) is 11.6 Å². The monoisotopic (exact) mass is 474 g/mol. The van der Waals surface area contributed by atoms with Crippen molar-refractivity contribution in [3.8, 4) is 0 Å². The summed E-state index contributed by atoms with van der Waals surface area (Å²) >= 11 is 6.66. The minimum absolute atomic E-state index is 0.00464. The lowest BCUT2D eigenvalue weighted by Gasteiger charge is -2.17. The van der Waals surface area contributed by atoms with Crippen LogP contribution in [0.2, 0.25) is 0 Å². The van der Waals surface area contributed by atoms with Gasteiger partial charge in [0.15, 0.2) is 4.32 Å². The number of hydrogen-bond acceptors (Lipinski definition) is 7. The fraction of sp³-hybridized carbons (Fsp3) is 0.0833. The molecule has 1 heterocycles. The molecular formula is C24H18N4O3S2. The van der Waals surface area contributed by atoms with Gasteiger partial charge < -0.3 is 0 Å². The second kappa shape index (κ2) is 9.43. The van der Waals surface area contributed by atoms with Crippen LogP contribution in [0.5, 0.6) is 0 Å². The van der Waals surface area contributed by atoms with E-state index >= 15 is 0 Å². The number of rotatable bonds is 5. The molecule has 0 aromatic heterocycles. The average Bonchev–Trinajstić information content (AvgIpc) is 3.06. The first-order valence-corrected chi connectivity index (χ1v) is 11.2. The minimum Gasteiger partial charge on any atom is -0.268 e. The normalized spacial score (nSPS) is 15.1. The van der Waals surface area contributed by atoms with Crippen molar-refractivity contribution in [3.05, 3.63) is 98.4 Å². The van der Waals surface area contributed by atoms with Gasteiger partial charge in [-0.1, -0.05) is 42.2 Å². The van der Waals surface area contributed by atoms with Crippen LogP contribution >= 0.6 is 24.0 Å². The van der Waals surface area contributed by atoms with Crippen LogP contribution in [0.15, 0.2) is 81.9 Å². The molecule has 3 aromatic rings. The summed E-state index contributed by atoms with van der Waals surface area (Å²) < 4.78 is 0.422. The lowest BCUT2D eigenvalue weighted by Crippen LogP contribution is -2.28. The van der Waals surface area contributed by atoms with Gasteiger partial charge in [-0.25, -0.2) is 0 Å². The van der Waals surface area contributed by atoms with Crippen molar-refractivity contribution in [3.63, 3.8) is 0 Å². The van der Waals surface area contributed by atoms with Crippen LogP contribution in [-0.2, 0) is 4.79 Å². The van der Waals surface area contributed by atoms with Gasteiger partial charge in [0.05, 0.1) is 26.9 Å². The largest absolute Gasteiger partial charge is 0.270 e. The Labute approximate surface area is 200 Å². The van der Waals surface area contributed by atoms with E-state index in [1.54, 1.807) is 30.3 Å². The van der Waals surface area contributed by atoms with Crippen LogP contribution in [-0.4, -0.2) is 15.2 Å². The number of nitrogens with zero attached hydrogens (tertiary/aromatic N) is 4. The molecule has 0 atom stereocenters. The molecular weight excluding hydrogens is 456 g/mol. The second-order valence-corrected chi connectivity index (χ2v) is 9.00. The van der Waals surface area contributed by atoms with Crippen LogP contribution in [0.4, 0.5) is 22.7 Å². The predicted octanol–water partition coefficient (Wildman–Crippen LogP) is 7.03. The third-order valence-corrected chi connectivity index (χ3v) is 6.31. The molecule has 33 heavy (non-hydrogen) atoms. The number of azo groups is 1. The van der Waals surface area contributed by atoms with Gasteiger partial charge in [0.25, 0.3) is 11.6 Å². The maximum absolute atomic E-state index is 13.1. The van der Waals surface area contributed by atoms with Gasteiger partial charge >= 0.3 is 0 Å². The molecule has 4 rings (SSSR count). The Balaban J connectivity index is 1.56. The lowest BCUT2D eigenvalue weighted by molar-refractivity contribution is -0.384. The van der Waals surface area contributed by atoms with E-state index in [1.165, 1.54) is 28.8 Å². The zero-order valence-electron chi connectivity index (χ0n) is 17.8. The number of nitro groups is 1. The molecule has 1 aliphatic heterocycles. The maximum atomic E-state index is 13.1. The molecule has 1 amide bonds. The summed E-state index contributed by atoms with van der Waals surface area (Å²) in [6.07, 6.45) is 1.68. The molecule has 0 bridgehead atoms. The van der Waals surface area contributed by atoms with Crippen molar-refractivity contribution in [2.75, 3.05) is 4.90 Å². The zero-order chi connectivity index (χ0) is 23.5. The molecule has 1 aliphatic rings. The van der Waals surface area contributed by atoms with Gasteiger partial charge in [-0.15, -0.1) is 0 Å². The molecule has 0 unspecified atom stereocenters. The van der Waals surface area contributed by atoms with Crippen molar-refractivity contribution in [1.82, 2.24) is 0 Å². The number of non-ortho nitro benzene ring substituents is 1. The summed E-state index contributed by atoms with van der Waals surface area (Å²) in [6, 6.07) is 19.2. The topological polar surface area (TPSA) is 88.2 Å². The number of carbonyl (C=O) groups excluding carboxylic acids is 1. The van der Waals surface area contributed by atoms with E-state index in [4.69, 9.17) is 12.2 Å². The Kier molecular flexibility index (Phi) is 6.43. The van der Waals surface area contributed by atoms with Crippen LogP contribution in [0.25, 0.3) is 6.08 Å². The SMILES string of the molecule is Cc1ccccc1N=Nc1ccc(N2C(=O)/C(=C/c3ccc([N+](=O)[O-])cc3)SC2=S)c(C)c1. The zero-order valence-corrected chi connectivity index (χ0v) is 19.4. The fourth-order valence-electron chi connectivity index (χ4n) is 3.26. The highest BCUT2D eigenvalue weighted by Crippen LogP contribution is 2.38. The molecule has 0 spiro atoms. The molecule has 0 saturated carbocycles. The number of thioether (sulfide) groups is 1. The van der Waals surface area contributed by atoms with Gasteiger partial charge in [-0.3, -0.25) is 19.8 Å². The van der Waals surface area contributed by atoms with Gasteiger partial charge in [-0.05, 0) is 73.0 Å². The Morgan fingerprint density at radius 3 is 2.39 bits per heavy atom. The average molecular weight is 475 g/mol. The molecule has 3 aromatic carbocycles. The molecule has 0 aliphatic carbocycles. The molecule has 0 radical (unpaired) electrons. The number of nitro benzene ring substituents is 1. The van der Waals surface area contributed by atoms with E-state index in [0.717, 1.165) is 16.8 Å². The standard InChI is InChI=1S/C24H18N4O3S2/c1-15-5-3-4-6-20(15)26-25-18-9-12-21(16(2)13-18)27-23(29)22(33-24(27)32)14-17-7-10-19(11-8-17)28(30)31/h3-14H,1-2H3/b22-14-,26-25?. The first-order valence-electron chi connectivity index (χ1n) is 9.94. The number of hydrogen-bond donors (Lipinski definition) is 0. The molecule has 1 saturated heterocycles. The number of thiocarbonyl (C=S) groups is 1. The fourth-order valence-corrected chi connectivity index (χ4v) is 4.54. The first-order chi connectivity index (χ1) is 15.8. The third-order valence-electron chi connectivity index (χ3n) is 5.01. The van der Waals surface area contributed by atoms with Crippen LogP contribution in [0.1, 0.15) is 16.7 Å². The number of anilines is 1. The number of aryl methyl sites for hydroxylation is 2. The quantitative estimate of drug-likeness (QED) is 0.130. The third kappa shape index (κ3) is 4.89. The minimum atomic E-state index is -0.462. The summed E-state index contributed by atoms with van der Waals surface area (Å²) in [7, 11) is 0. The van der Waals surface area contributed by atoms with E-state index in [2.05, 4.69) is 10.2 Å². The molecule has 164 valence electrons. The molecule has 0 N–H and O–H groups in total. The summed E-state index contributed by atoms with van der Waals surface area (Å²) in [5.41, 5.74) is 4.70. The van der Waals surface area contributed by atoms with Crippen molar-refractivity contribution in [2.24, 2.45) is 10.2 Å². The first kappa shape index (κ1) is 22.5. The second-order valence-electron chi connectivity index (χ2n) is 7.32. The maximum Gasteiger partial charge on any atom is 0.270 e. The Bertz CT molecular complexity index is 1330. The van der Waals surface area contributed by atoms with E-state index < -0.39 is 4.92 Å².